The fourth-order valence-electron chi connectivity index (χ4n) is 2.02. The highest BCUT2D eigenvalue weighted by Crippen LogP contribution is 2.14. The lowest BCUT2D eigenvalue weighted by Gasteiger charge is -2.14. The summed E-state index contributed by atoms with van der Waals surface area (Å²) in [6.45, 7) is 2.55. The Balaban J connectivity index is 2.12. The van der Waals surface area contributed by atoms with Crippen LogP contribution in [0, 0.1) is 0 Å². The summed E-state index contributed by atoms with van der Waals surface area (Å²) in [5.41, 5.74) is 4.99. The molecule has 1 aromatic rings. The predicted octanol–water partition coefficient (Wildman–Crippen LogP) is -0.904. The first-order valence-electron chi connectivity index (χ1n) is 6.69. The van der Waals surface area contributed by atoms with E-state index in [4.69, 9.17) is 5.73 Å². The van der Waals surface area contributed by atoms with E-state index in [2.05, 4.69) is 16.9 Å². The molecule has 1 aliphatic rings. The van der Waals surface area contributed by atoms with Crippen LogP contribution in [-0.2, 0) is 14.4 Å². The molecule has 6 amide bonds. The van der Waals surface area contributed by atoms with E-state index in [1.165, 1.54) is 24.4 Å². The Bertz CT molecular complexity index is 760. The largest absolute Gasteiger partial charge is 0.364 e. The summed E-state index contributed by atoms with van der Waals surface area (Å²) in [5.74, 6) is -3.79. The lowest BCUT2D eigenvalue weighted by molar-refractivity contribution is -0.143. The van der Waals surface area contributed by atoms with E-state index in [0.29, 0.717) is 9.80 Å². The molecule has 3 N–H and O–H groups in total. The third-order valence-electron chi connectivity index (χ3n) is 3.06. The predicted molar refractivity (Wildman–Crippen MR) is 80.4 cm³/mol. The van der Waals surface area contributed by atoms with Gasteiger partial charge in [-0.05, 0) is 12.1 Å². The fourth-order valence-corrected chi connectivity index (χ4v) is 2.02. The van der Waals surface area contributed by atoms with E-state index in [1.807, 2.05) is 0 Å². The number of nitrogens with one attached hydrogen (secondary N) is 1. The maximum Gasteiger partial charge on any atom is 0.335 e. The molecular weight excluding hydrogens is 318 g/mol. The van der Waals surface area contributed by atoms with Crippen LogP contribution in [0.5, 0.6) is 0 Å². The number of hydrogen-bond donors (Lipinski definition) is 2. The van der Waals surface area contributed by atoms with Crippen molar-refractivity contribution in [3.05, 3.63) is 36.7 Å². The second-order valence-corrected chi connectivity index (χ2v) is 4.69. The lowest BCUT2D eigenvalue weighted by atomic mass is 10.3. The lowest BCUT2D eigenvalue weighted by Crippen LogP contribution is -2.39. The number of hydrogen-bond acceptors (Lipinski definition) is 6. The molecule has 10 nitrogen and oxygen atoms in total. The van der Waals surface area contributed by atoms with E-state index >= 15 is 0 Å². The Morgan fingerprint density at radius 1 is 1.25 bits per heavy atom. The summed E-state index contributed by atoms with van der Waals surface area (Å²) in [5, 5.41) is 2.32. The number of carbonyl (C=O) groups excluding carboxylic acids is 5. The van der Waals surface area contributed by atoms with Crippen molar-refractivity contribution >= 4 is 35.3 Å². The summed E-state index contributed by atoms with van der Waals surface area (Å²) in [7, 11) is 0. The van der Waals surface area contributed by atoms with Crippen LogP contribution >= 0.6 is 0 Å². The first-order chi connectivity index (χ1) is 11.4. The topological polar surface area (TPSA) is 143 Å². The van der Waals surface area contributed by atoms with Crippen molar-refractivity contribution in [3.8, 4) is 0 Å². The summed E-state index contributed by atoms with van der Waals surface area (Å²) >= 11 is 0. The van der Waals surface area contributed by atoms with Crippen molar-refractivity contribution in [1.29, 1.82) is 0 Å². The standard InChI is InChI=1S/C14H13N5O5/c1-2-6-18-12(22)13(23)19(14(18)24)7-9(20)17-8-4-3-5-16-10(8)11(15)21/h2-5H,1,6-7H2,(H2,15,21)(H,17,20). The van der Waals surface area contributed by atoms with E-state index < -0.39 is 36.2 Å². The van der Waals surface area contributed by atoms with Crippen LogP contribution in [0.3, 0.4) is 0 Å². The van der Waals surface area contributed by atoms with Gasteiger partial charge >= 0.3 is 17.8 Å². The average molecular weight is 331 g/mol. The van der Waals surface area contributed by atoms with Crippen molar-refractivity contribution in [1.82, 2.24) is 14.8 Å². The van der Waals surface area contributed by atoms with Crippen LogP contribution in [0.25, 0.3) is 0 Å². The van der Waals surface area contributed by atoms with E-state index in [1.54, 1.807) is 0 Å². The van der Waals surface area contributed by atoms with Crippen molar-refractivity contribution < 1.29 is 24.0 Å². The molecule has 1 aliphatic heterocycles. The molecule has 124 valence electrons. The van der Waals surface area contributed by atoms with Gasteiger partial charge in [-0.1, -0.05) is 6.08 Å². The Labute approximate surface area is 135 Å². The smallest absolute Gasteiger partial charge is 0.335 e. The minimum atomic E-state index is -1.11. The molecule has 0 bridgehead atoms. The van der Waals surface area contributed by atoms with Gasteiger partial charge in [0.1, 0.15) is 6.54 Å². The molecule has 2 heterocycles. The maximum absolute atomic E-state index is 12.0. The molecule has 1 fully saturated rings. The van der Waals surface area contributed by atoms with Crippen LogP contribution in [0.1, 0.15) is 10.5 Å². The molecule has 0 unspecified atom stereocenters. The quantitative estimate of drug-likeness (QED) is 0.393. The number of primary amides is 1. The second-order valence-electron chi connectivity index (χ2n) is 4.69. The Kier molecular flexibility index (Phi) is 4.68. The van der Waals surface area contributed by atoms with E-state index in [0.717, 1.165) is 0 Å². The molecule has 1 aromatic heterocycles. The number of anilines is 1. The van der Waals surface area contributed by atoms with Crippen molar-refractivity contribution in [2.24, 2.45) is 5.73 Å². The molecule has 0 aromatic carbocycles. The van der Waals surface area contributed by atoms with E-state index in [9.17, 15) is 24.0 Å². The number of pyridine rings is 1. The van der Waals surface area contributed by atoms with Crippen molar-refractivity contribution in [3.63, 3.8) is 0 Å². The fraction of sp³-hybridized carbons (Fsp3) is 0.143. The van der Waals surface area contributed by atoms with Gasteiger partial charge in [0.25, 0.3) is 5.91 Å². The highest BCUT2D eigenvalue weighted by Gasteiger charge is 2.44. The SMILES string of the molecule is C=CCN1C(=O)C(=O)N(CC(=O)Nc2cccnc2C(N)=O)C1=O. The van der Waals surface area contributed by atoms with Crippen molar-refractivity contribution in [2.75, 3.05) is 18.4 Å². The highest BCUT2D eigenvalue weighted by molar-refractivity contribution is 6.45. The van der Waals surface area contributed by atoms with Gasteiger partial charge in [0.2, 0.25) is 5.91 Å². The van der Waals surface area contributed by atoms with Crippen LogP contribution in [0.2, 0.25) is 0 Å². The molecule has 0 radical (unpaired) electrons. The highest BCUT2D eigenvalue weighted by atomic mass is 16.2. The Morgan fingerprint density at radius 3 is 2.54 bits per heavy atom. The van der Waals surface area contributed by atoms with Crippen LogP contribution in [-0.4, -0.2) is 57.5 Å². The number of aromatic nitrogens is 1. The number of imide groups is 2. The maximum atomic E-state index is 12.0. The number of nitrogens with zero attached hydrogens (tertiary/aromatic N) is 3. The van der Waals surface area contributed by atoms with Gasteiger partial charge < -0.3 is 11.1 Å². The van der Waals surface area contributed by atoms with Gasteiger partial charge in [0, 0.05) is 12.7 Å². The van der Waals surface area contributed by atoms with Gasteiger partial charge in [0.15, 0.2) is 5.69 Å². The van der Waals surface area contributed by atoms with Gasteiger partial charge in [-0.25, -0.2) is 14.7 Å². The monoisotopic (exact) mass is 331 g/mol. The molecule has 0 saturated carbocycles. The molecule has 2 rings (SSSR count). The van der Waals surface area contributed by atoms with Gasteiger partial charge in [-0.3, -0.25) is 24.1 Å². The number of rotatable bonds is 6. The summed E-state index contributed by atoms with van der Waals surface area (Å²) < 4.78 is 0. The molecule has 24 heavy (non-hydrogen) atoms. The first-order valence-corrected chi connectivity index (χ1v) is 6.69. The number of amides is 6. The van der Waals surface area contributed by atoms with Crippen LogP contribution in [0.4, 0.5) is 10.5 Å². The van der Waals surface area contributed by atoms with Crippen LogP contribution < -0.4 is 11.1 Å². The summed E-state index contributed by atoms with van der Waals surface area (Å²) in [6.07, 6.45) is 2.59. The van der Waals surface area contributed by atoms with Gasteiger partial charge in [-0.2, -0.15) is 0 Å². The normalized spacial score (nSPS) is 14.1. The van der Waals surface area contributed by atoms with E-state index in [-0.39, 0.29) is 17.9 Å². The molecule has 0 atom stereocenters. The second kappa shape index (κ2) is 6.69. The summed E-state index contributed by atoms with van der Waals surface area (Å²) in [6, 6.07) is 1.93. The zero-order chi connectivity index (χ0) is 17.9. The third kappa shape index (κ3) is 3.11. The molecule has 0 spiro atoms. The Hall–Kier alpha value is -3.56. The summed E-state index contributed by atoms with van der Waals surface area (Å²) in [4.78, 5) is 63.6. The number of urea groups is 1. The third-order valence-corrected chi connectivity index (χ3v) is 3.06. The minimum Gasteiger partial charge on any atom is -0.364 e. The molecule has 0 aliphatic carbocycles. The van der Waals surface area contributed by atoms with Crippen molar-refractivity contribution in [2.45, 2.75) is 0 Å². The zero-order valence-electron chi connectivity index (χ0n) is 12.4. The minimum absolute atomic E-state index is 0.0309. The zero-order valence-corrected chi connectivity index (χ0v) is 12.4. The first kappa shape index (κ1) is 16.8. The average Bonchev–Trinajstić information content (AvgIpc) is 2.73. The molecule has 10 heteroatoms. The van der Waals surface area contributed by atoms with Gasteiger partial charge in [-0.15, -0.1) is 6.58 Å². The van der Waals surface area contributed by atoms with Gasteiger partial charge in [0.05, 0.1) is 5.69 Å². The number of nitrogens with two attached hydrogens (primary N) is 1. The number of carbonyl (C=O) groups is 5. The molecule has 1 saturated heterocycles. The van der Waals surface area contributed by atoms with Crippen LogP contribution in [0.15, 0.2) is 31.0 Å². The Morgan fingerprint density at radius 2 is 1.92 bits per heavy atom. The molecular formula is C14H13N5O5.